The third-order valence-corrected chi connectivity index (χ3v) is 13.7. The van der Waals surface area contributed by atoms with Crippen LogP contribution in [-0.2, 0) is 10.8 Å². The number of hydrogen-bond donors (Lipinski definition) is 3. The first-order valence-electron chi connectivity index (χ1n) is 16.8. The molecule has 0 saturated heterocycles. The highest BCUT2D eigenvalue weighted by Gasteiger charge is 2.71. The van der Waals surface area contributed by atoms with Gasteiger partial charge in [0.25, 0.3) is 0 Å². The fourth-order valence-corrected chi connectivity index (χ4v) is 10.7. The van der Waals surface area contributed by atoms with E-state index in [1.807, 2.05) is 13.1 Å². The summed E-state index contributed by atoms with van der Waals surface area (Å²) in [6.45, 7) is 3.89. The fraction of sp³-hybridized carbons (Fsp3) is 0.824. The maximum Gasteiger partial charge on any atom is 0.453 e. The van der Waals surface area contributed by atoms with E-state index in [9.17, 15) is 41.5 Å². The summed E-state index contributed by atoms with van der Waals surface area (Å²) < 4.78 is 75.0. The van der Waals surface area contributed by atoms with Gasteiger partial charge >= 0.3 is 12.1 Å². The Morgan fingerprint density at radius 1 is 0.956 bits per heavy atom. The van der Waals surface area contributed by atoms with Crippen LogP contribution in [0.4, 0.5) is 22.0 Å². The summed E-state index contributed by atoms with van der Waals surface area (Å²) in [6.07, 6.45) is 1.23. The van der Waals surface area contributed by atoms with Crippen LogP contribution in [-0.4, -0.2) is 74.3 Å². The molecule has 4 aliphatic carbocycles. The first-order valence-corrected chi connectivity index (χ1v) is 18.3. The Morgan fingerprint density at radius 3 is 2.33 bits per heavy atom. The molecule has 0 heterocycles. The van der Waals surface area contributed by atoms with E-state index in [4.69, 9.17) is 0 Å². The van der Waals surface area contributed by atoms with Crippen LogP contribution in [0.2, 0.25) is 0 Å². The van der Waals surface area contributed by atoms with E-state index in [-0.39, 0.29) is 40.1 Å². The maximum atomic E-state index is 13.0. The molecule has 8 atom stereocenters. The van der Waals surface area contributed by atoms with Gasteiger partial charge in [-0.1, -0.05) is 25.8 Å². The number of phenols is 1. The lowest BCUT2D eigenvalue weighted by Gasteiger charge is -2.55. The van der Waals surface area contributed by atoms with Gasteiger partial charge in [0, 0.05) is 34.1 Å². The first kappa shape index (κ1) is 35.0. The first-order chi connectivity index (χ1) is 21.1. The lowest BCUT2D eigenvalue weighted by atomic mass is 9.50. The standard InChI is InChI=1S/C34H50F5NO4S/c1-31-13-11-24-23-10-9-22(41)20-26(23)30(43)25(29(24)27(31)21-28(42)32(31)14-15-32)8-4-3-5-16-40(2)17-7-19-45(44)18-6-12-33(35,36)34(37,38)39/h9-10,20,24-25,27-30,41-43H,3-8,11-19,21H2,1-2H3/t24?,25-,27?,28+,29?,30+,31-,45?/m0/s1. The van der Waals surface area contributed by atoms with E-state index in [0.717, 1.165) is 75.5 Å². The van der Waals surface area contributed by atoms with Crippen molar-refractivity contribution in [2.75, 3.05) is 31.6 Å². The highest BCUT2D eigenvalue weighted by Crippen LogP contribution is 2.76. The number of fused-ring (bicyclic) bond motifs is 6. The van der Waals surface area contributed by atoms with Crippen LogP contribution in [0.5, 0.6) is 5.75 Å². The van der Waals surface area contributed by atoms with Gasteiger partial charge in [0.05, 0.1) is 12.2 Å². The molecule has 3 fully saturated rings. The van der Waals surface area contributed by atoms with Crippen molar-refractivity contribution in [3.8, 4) is 5.75 Å². The number of phenolic OH excluding ortho intramolecular Hbond substituents is 1. The van der Waals surface area contributed by atoms with Crippen LogP contribution < -0.4 is 0 Å². The van der Waals surface area contributed by atoms with E-state index in [1.165, 1.54) is 0 Å². The average molecular weight is 664 g/mol. The number of aliphatic hydroxyl groups excluding tert-OH is 2. The minimum absolute atomic E-state index is 0.0480. The highest BCUT2D eigenvalue weighted by atomic mass is 32.2. The normalized spacial score (nSPS) is 32.8. The van der Waals surface area contributed by atoms with Crippen LogP contribution in [0.25, 0.3) is 0 Å². The molecule has 45 heavy (non-hydrogen) atoms. The van der Waals surface area contributed by atoms with Gasteiger partial charge in [0.15, 0.2) is 0 Å². The number of aliphatic hydroxyl groups is 2. The smallest absolute Gasteiger partial charge is 0.453 e. The van der Waals surface area contributed by atoms with Crippen molar-refractivity contribution in [3.63, 3.8) is 0 Å². The summed E-state index contributed by atoms with van der Waals surface area (Å²) in [5.41, 5.74) is 2.17. The summed E-state index contributed by atoms with van der Waals surface area (Å²) >= 11 is 0. The van der Waals surface area contributed by atoms with Gasteiger partial charge < -0.3 is 20.2 Å². The summed E-state index contributed by atoms with van der Waals surface area (Å²) in [7, 11) is 0.541. The topological polar surface area (TPSA) is 81.0 Å². The fourth-order valence-electron chi connectivity index (χ4n) is 9.61. The van der Waals surface area contributed by atoms with Crippen molar-refractivity contribution in [2.24, 2.45) is 28.6 Å². The van der Waals surface area contributed by atoms with Crippen LogP contribution >= 0.6 is 0 Å². The number of nitrogens with zero attached hydrogens (tertiary/aromatic N) is 1. The van der Waals surface area contributed by atoms with E-state index < -0.39 is 41.8 Å². The zero-order valence-corrected chi connectivity index (χ0v) is 27.3. The minimum atomic E-state index is -5.57. The molecule has 256 valence electrons. The van der Waals surface area contributed by atoms with Crippen LogP contribution in [0.3, 0.4) is 0 Å². The number of alkyl halides is 5. The third-order valence-electron chi connectivity index (χ3n) is 12.2. The molecule has 4 aliphatic rings. The summed E-state index contributed by atoms with van der Waals surface area (Å²) in [5.74, 6) is -3.39. The Hall–Kier alpha value is -1.30. The number of unbranched alkanes of at least 4 members (excludes halogenated alkanes) is 2. The van der Waals surface area contributed by atoms with Gasteiger partial charge in [0.2, 0.25) is 0 Å². The van der Waals surface area contributed by atoms with E-state index >= 15 is 0 Å². The quantitative estimate of drug-likeness (QED) is 0.144. The Morgan fingerprint density at radius 2 is 1.64 bits per heavy atom. The molecule has 3 saturated carbocycles. The highest BCUT2D eigenvalue weighted by molar-refractivity contribution is 7.84. The Bertz CT molecular complexity index is 1210. The van der Waals surface area contributed by atoms with Crippen molar-refractivity contribution in [2.45, 2.75) is 114 Å². The van der Waals surface area contributed by atoms with E-state index in [0.29, 0.717) is 30.7 Å². The van der Waals surface area contributed by atoms with Gasteiger partial charge in [-0.05, 0) is 130 Å². The molecule has 5 rings (SSSR count). The zero-order chi connectivity index (χ0) is 32.8. The second-order valence-corrected chi connectivity index (χ2v) is 16.4. The Balaban J connectivity index is 1.09. The molecule has 0 aliphatic heterocycles. The second-order valence-electron chi connectivity index (χ2n) is 14.7. The SMILES string of the molecule is CN(CCCCC[C@H]1C2C(CC[C@@]3(C)C2C[C@@H](O)C32CC2)c2ccc(O)cc2[C@@H]1O)CCCS(=O)CCCC(F)(F)C(F)(F)F. The van der Waals surface area contributed by atoms with Crippen molar-refractivity contribution >= 4 is 10.8 Å². The van der Waals surface area contributed by atoms with Gasteiger partial charge in [-0.15, -0.1) is 0 Å². The molecule has 1 spiro atoms. The van der Waals surface area contributed by atoms with Crippen molar-refractivity contribution in [1.82, 2.24) is 4.90 Å². The van der Waals surface area contributed by atoms with Gasteiger partial charge in [0.1, 0.15) is 5.75 Å². The average Bonchev–Trinajstić information content (AvgIpc) is 3.74. The van der Waals surface area contributed by atoms with Gasteiger partial charge in [-0.2, -0.15) is 22.0 Å². The number of halogens is 5. The second kappa shape index (κ2) is 13.3. The van der Waals surface area contributed by atoms with Crippen molar-refractivity contribution < 1.29 is 41.5 Å². The number of rotatable bonds is 14. The van der Waals surface area contributed by atoms with Crippen molar-refractivity contribution in [3.05, 3.63) is 29.3 Å². The van der Waals surface area contributed by atoms with Crippen LogP contribution in [0, 0.1) is 28.6 Å². The van der Waals surface area contributed by atoms with Crippen LogP contribution in [0.15, 0.2) is 18.2 Å². The van der Waals surface area contributed by atoms with E-state index in [1.54, 1.807) is 12.1 Å². The number of hydrogen-bond acceptors (Lipinski definition) is 5. The number of benzene rings is 1. The summed E-state index contributed by atoms with van der Waals surface area (Å²) in [5, 5.41) is 33.2. The maximum absolute atomic E-state index is 13.0. The zero-order valence-electron chi connectivity index (χ0n) is 26.5. The predicted molar refractivity (Wildman–Crippen MR) is 165 cm³/mol. The van der Waals surface area contributed by atoms with E-state index in [2.05, 4.69) is 11.8 Å². The monoisotopic (exact) mass is 663 g/mol. The molecular formula is C34H50F5NO4S. The predicted octanol–water partition coefficient (Wildman–Crippen LogP) is 7.33. The molecule has 0 bridgehead atoms. The molecule has 0 radical (unpaired) electrons. The molecular weight excluding hydrogens is 613 g/mol. The van der Waals surface area contributed by atoms with Gasteiger partial charge in [-0.3, -0.25) is 4.21 Å². The molecule has 5 nitrogen and oxygen atoms in total. The van der Waals surface area contributed by atoms with Gasteiger partial charge in [-0.25, -0.2) is 0 Å². The third kappa shape index (κ3) is 6.84. The number of aromatic hydroxyl groups is 1. The molecule has 1 aromatic rings. The Kier molecular flexibility index (Phi) is 10.4. The summed E-state index contributed by atoms with van der Waals surface area (Å²) in [6, 6.07) is 5.47. The largest absolute Gasteiger partial charge is 0.508 e. The van der Waals surface area contributed by atoms with Crippen molar-refractivity contribution in [1.29, 1.82) is 0 Å². The van der Waals surface area contributed by atoms with Crippen LogP contribution in [0.1, 0.15) is 107 Å². The lowest BCUT2D eigenvalue weighted by Crippen LogP contribution is -2.47. The lowest BCUT2D eigenvalue weighted by molar-refractivity contribution is -0.284. The Labute approximate surface area is 266 Å². The minimum Gasteiger partial charge on any atom is -0.508 e. The molecule has 4 unspecified atom stereocenters. The molecule has 1 aromatic carbocycles. The molecule has 0 amide bonds. The molecule has 3 N–H and O–H groups in total. The summed E-state index contributed by atoms with van der Waals surface area (Å²) in [4.78, 5) is 2.13. The molecule has 0 aromatic heterocycles. The molecule has 11 heteroatoms.